The number of nitrogens with two attached hydrogens (primary N) is 1. The summed E-state index contributed by atoms with van der Waals surface area (Å²) in [5, 5.41) is 9.84. The van der Waals surface area contributed by atoms with Crippen molar-refractivity contribution in [1.29, 1.82) is 0 Å². The van der Waals surface area contributed by atoms with Crippen LogP contribution in [-0.2, 0) is 6.54 Å². The molecule has 6 heteroatoms. The van der Waals surface area contributed by atoms with Crippen molar-refractivity contribution in [3.8, 4) is 11.5 Å². The molecule has 0 saturated carbocycles. The summed E-state index contributed by atoms with van der Waals surface area (Å²) in [5.74, 6) is 6.35. The molecule has 0 aliphatic rings. The van der Waals surface area contributed by atoms with E-state index in [1.807, 2.05) is 18.2 Å². The van der Waals surface area contributed by atoms with E-state index in [1.54, 1.807) is 13.1 Å². The molecule has 0 radical (unpaired) electrons. The number of nitrogens with zero attached hydrogens (tertiary/aromatic N) is 3. The quantitative estimate of drug-likeness (QED) is 0.651. The van der Waals surface area contributed by atoms with Gasteiger partial charge in [-0.1, -0.05) is 23.7 Å². The van der Waals surface area contributed by atoms with Gasteiger partial charge in [0, 0.05) is 7.05 Å². The molecule has 84 valence electrons. The van der Waals surface area contributed by atoms with Crippen LogP contribution in [0.5, 0.6) is 0 Å². The number of hydrogen-bond donors (Lipinski definition) is 1. The van der Waals surface area contributed by atoms with E-state index in [1.165, 1.54) is 5.01 Å². The van der Waals surface area contributed by atoms with Gasteiger partial charge < -0.3 is 4.42 Å². The molecule has 0 bridgehead atoms. The first-order chi connectivity index (χ1) is 7.66. The molecule has 0 saturated heterocycles. The SMILES string of the molecule is CN(N)Cc1nnc(-c2ccccc2Cl)o1. The summed E-state index contributed by atoms with van der Waals surface area (Å²) in [6.45, 7) is 0.400. The van der Waals surface area contributed by atoms with Crippen molar-refractivity contribution < 1.29 is 4.42 Å². The van der Waals surface area contributed by atoms with E-state index in [0.29, 0.717) is 23.3 Å². The second-order valence-electron chi connectivity index (χ2n) is 3.40. The third-order valence-electron chi connectivity index (χ3n) is 1.96. The van der Waals surface area contributed by atoms with Gasteiger partial charge in [0.25, 0.3) is 0 Å². The van der Waals surface area contributed by atoms with E-state index < -0.39 is 0 Å². The van der Waals surface area contributed by atoms with Gasteiger partial charge in [0.15, 0.2) is 0 Å². The van der Waals surface area contributed by atoms with Crippen LogP contribution < -0.4 is 5.84 Å². The van der Waals surface area contributed by atoms with Gasteiger partial charge in [0.1, 0.15) is 0 Å². The Labute approximate surface area is 97.8 Å². The lowest BCUT2D eigenvalue weighted by Gasteiger charge is -2.03. The summed E-state index contributed by atoms with van der Waals surface area (Å²) in [6, 6.07) is 7.30. The van der Waals surface area contributed by atoms with Crippen LogP contribution in [0.1, 0.15) is 5.89 Å². The Hall–Kier alpha value is -1.43. The molecule has 2 rings (SSSR count). The molecule has 0 amide bonds. The number of benzene rings is 1. The van der Waals surface area contributed by atoms with Gasteiger partial charge in [-0.2, -0.15) is 0 Å². The van der Waals surface area contributed by atoms with Crippen LogP contribution in [0.4, 0.5) is 0 Å². The molecule has 0 fully saturated rings. The standard InChI is InChI=1S/C10H11ClN4O/c1-15(12)6-9-13-14-10(16-9)7-4-2-3-5-8(7)11/h2-5H,6,12H2,1H3. The maximum atomic E-state index is 6.01. The minimum Gasteiger partial charge on any atom is -0.419 e. The monoisotopic (exact) mass is 238 g/mol. The summed E-state index contributed by atoms with van der Waals surface area (Å²) in [7, 11) is 1.72. The highest BCUT2D eigenvalue weighted by molar-refractivity contribution is 6.33. The Bertz CT molecular complexity index is 483. The van der Waals surface area contributed by atoms with E-state index in [-0.39, 0.29) is 0 Å². The van der Waals surface area contributed by atoms with Crippen molar-refractivity contribution in [2.45, 2.75) is 6.54 Å². The second kappa shape index (κ2) is 4.61. The minimum atomic E-state index is 0.400. The third kappa shape index (κ3) is 2.38. The van der Waals surface area contributed by atoms with Gasteiger partial charge in [-0.3, -0.25) is 5.84 Å². The van der Waals surface area contributed by atoms with Crippen molar-refractivity contribution in [3.63, 3.8) is 0 Å². The van der Waals surface area contributed by atoms with Crippen LogP contribution in [0.3, 0.4) is 0 Å². The zero-order valence-corrected chi connectivity index (χ0v) is 9.48. The van der Waals surface area contributed by atoms with Crippen molar-refractivity contribution in [3.05, 3.63) is 35.2 Å². The molecule has 5 nitrogen and oxygen atoms in total. The smallest absolute Gasteiger partial charge is 0.249 e. The summed E-state index contributed by atoms with van der Waals surface area (Å²) < 4.78 is 5.43. The molecule has 0 spiro atoms. The van der Waals surface area contributed by atoms with Crippen molar-refractivity contribution in [2.24, 2.45) is 5.84 Å². The number of aromatic nitrogens is 2. The molecule has 0 atom stereocenters. The second-order valence-corrected chi connectivity index (χ2v) is 3.80. The van der Waals surface area contributed by atoms with Crippen molar-refractivity contribution >= 4 is 11.6 Å². The molecule has 1 aromatic carbocycles. The Balaban J connectivity index is 2.28. The zero-order chi connectivity index (χ0) is 11.5. The third-order valence-corrected chi connectivity index (χ3v) is 2.29. The van der Waals surface area contributed by atoms with Gasteiger partial charge in [-0.05, 0) is 12.1 Å². The summed E-state index contributed by atoms with van der Waals surface area (Å²) >= 11 is 6.01. The average Bonchev–Trinajstić information content (AvgIpc) is 2.66. The van der Waals surface area contributed by atoms with Crippen LogP contribution >= 0.6 is 11.6 Å². The maximum absolute atomic E-state index is 6.01. The molecular formula is C10H11ClN4O. The van der Waals surface area contributed by atoms with E-state index in [0.717, 1.165) is 5.56 Å². The number of hydrogen-bond acceptors (Lipinski definition) is 5. The van der Waals surface area contributed by atoms with Gasteiger partial charge in [-0.15, -0.1) is 10.2 Å². The molecule has 1 heterocycles. The predicted octanol–water partition coefficient (Wildman–Crippen LogP) is 1.70. The average molecular weight is 239 g/mol. The molecule has 0 aliphatic heterocycles. The first-order valence-electron chi connectivity index (χ1n) is 4.70. The molecule has 2 N–H and O–H groups in total. The van der Waals surface area contributed by atoms with Gasteiger partial charge in [-0.25, -0.2) is 5.01 Å². The summed E-state index contributed by atoms with van der Waals surface area (Å²) in [6.07, 6.45) is 0. The fourth-order valence-corrected chi connectivity index (χ4v) is 1.49. The number of hydrazine groups is 1. The fourth-order valence-electron chi connectivity index (χ4n) is 1.27. The Morgan fingerprint density at radius 1 is 1.38 bits per heavy atom. The Morgan fingerprint density at radius 2 is 2.12 bits per heavy atom. The Morgan fingerprint density at radius 3 is 2.81 bits per heavy atom. The lowest BCUT2D eigenvalue weighted by molar-refractivity contribution is 0.300. The summed E-state index contributed by atoms with van der Waals surface area (Å²) in [4.78, 5) is 0. The zero-order valence-electron chi connectivity index (χ0n) is 8.72. The number of halogens is 1. The first-order valence-corrected chi connectivity index (χ1v) is 5.07. The highest BCUT2D eigenvalue weighted by Gasteiger charge is 2.11. The van der Waals surface area contributed by atoms with E-state index >= 15 is 0 Å². The highest BCUT2D eigenvalue weighted by Crippen LogP contribution is 2.26. The van der Waals surface area contributed by atoms with E-state index in [4.69, 9.17) is 21.9 Å². The number of rotatable bonds is 3. The van der Waals surface area contributed by atoms with Crippen LogP contribution in [0.25, 0.3) is 11.5 Å². The Kier molecular flexibility index (Phi) is 3.19. The lowest BCUT2D eigenvalue weighted by atomic mass is 10.2. The molecular weight excluding hydrogens is 228 g/mol. The lowest BCUT2D eigenvalue weighted by Crippen LogP contribution is -2.25. The molecule has 0 unspecified atom stereocenters. The maximum Gasteiger partial charge on any atom is 0.249 e. The summed E-state index contributed by atoms with van der Waals surface area (Å²) in [5.41, 5.74) is 0.725. The van der Waals surface area contributed by atoms with Crippen LogP contribution in [0, 0.1) is 0 Å². The van der Waals surface area contributed by atoms with Crippen molar-refractivity contribution in [1.82, 2.24) is 15.2 Å². The molecule has 0 aliphatic carbocycles. The first kappa shape index (κ1) is 11.1. The van der Waals surface area contributed by atoms with E-state index in [9.17, 15) is 0 Å². The largest absolute Gasteiger partial charge is 0.419 e. The molecule has 16 heavy (non-hydrogen) atoms. The normalized spacial score (nSPS) is 11.0. The fraction of sp³-hybridized carbons (Fsp3) is 0.200. The highest BCUT2D eigenvalue weighted by atomic mass is 35.5. The molecule has 1 aromatic heterocycles. The predicted molar refractivity (Wildman–Crippen MR) is 60.4 cm³/mol. The molecule has 2 aromatic rings. The topological polar surface area (TPSA) is 68.2 Å². The van der Waals surface area contributed by atoms with Gasteiger partial charge >= 0.3 is 0 Å². The van der Waals surface area contributed by atoms with Gasteiger partial charge in [0.2, 0.25) is 11.8 Å². The van der Waals surface area contributed by atoms with Crippen LogP contribution in [0.15, 0.2) is 28.7 Å². The van der Waals surface area contributed by atoms with Crippen LogP contribution in [-0.4, -0.2) is 22.3 Å². The van der Waals surface area contributed by atoms with Crippen LogP contribution in [0.2, 0.25) is 5.02 Å². The minimum absolute atomic E-state index is 0.400. The van der Waals surface area contributed by atoms with Gasteiger partial charge in [0.05, 0.1) is 17.1 Å². The van der Waals surface area contributed by atoms with E-state index in [2.05, 4.69) is 10.2 Å². The van der Waals surface area contributed by atoms with Crippen molar-refractivity contribution in [2.75, 3.05) is 7.05 Å².